The van der Waals surface area contributed by atoms with Gasteiger partial charge in [-0.3, -0.25) is 0 Å². The van der Waals surface area contributed by atoms with Gasteiger partial charge in [0.15, 0.2) is 0 Å². The molecule has 0 spiro atoms. The van der Waals surface area contributed by atoms with E-state index >= 15 is 0 Å². The molecular weight excluding hydrogens is 190 g/mol. The Morgan fingerprint density at radius 2 is 2.14 bits per heavy atom. The highest BCUT2D eigenvalue weighted by Gasteiger charge is 2.15. The molecule has 0 aliphatic heterocycles. The summed E-state index contributed by atoms with van der Waals surface area (Å²) < 4.78 is 0. The van der Waals surface area contributed by atoms with Gasteiger partial charge in [0, 0.05) is 11.0 Å². The lowest BCUT2D eigenvalue weighted by Gasteiger charge is -2.22. The molecule has 1 N–H and O–H groups in total. The summed E-state index contributed by atoms with van der Waals surface area (Å²) in [6, 6.07) is 0.270. The number of hydrogen-bond donors (Lipinski definition) is 1. The average molecular weight is 211 g/mol. The zero-order chi connectivity index (χ0) is 10.2. The Bertz CT molecular complexity index is 179. The van der Waals surface area contributed by atoms with Crippen LogP contribution in [0.4, 0.5) is 0 Å². The first-order valence-electron chi connectivity index (χ1n) is 5.68. The lowest BCUT2D eigenvalue weighted by molar-refractivity contribution is 0.515. The van der Waals surface area contributed by atoms with Crippen molar-refractivity contribution in [3.8, 4) is 12.3 Å². The summed E-state index contributed by atoms with van der Waals surface area (Å²) in [7, 11) is 0. The summed E-state index contributed by atoms with van der Waals surface area (Å²) in [5.41, 5.74) is 0. The van der Waals surface area contributed by atoms with E-state index in [-0.39, 0.29) is 6.04 Å². The molecule has 0 heterocycles. The minimum atomic E-state index is 0.270. The van der Waals surface area contributed by atoms with Gasteiger partial charge in [-0.2, -0.15) is 11.8 Å². The van der Waals surface area contributed by atoms with E-state index in [4.69, 9.17) is 6.42 Å². The number of hydrogen-bond acceptors (Lipinski definition) is 2. The SMILES string of the molecule is C#CC(CSC1CCCCC1)NCC. The number of nitrogens with one attached hydrogen (secondary N) is 1. The predicted octanol–water partition coefficient (Wildman–Crippen LogP) is 2.66. The van der Waals surface area contributed by atoms with Crippen molar-refractivity contribution in [2.45, 2.75) is 50.3 Å². The maximum absolute atomic E-state index is 5.45. The average Bonchev–Trinajstić information content (AvgIpc) is 2.25. The van der Waals surface area contributed by atoms with Crippen LogP contribution in [0.2, 0.25) is 0 Å². The molecule has 0 amide bonds. The van der Waals surface area contributed by atoms with Crippen LogP contribution in [0.5, 0.6) is 0 Å². The second kappa shape index (κ2) is 7.20. The van der Waals surface area contributed by atoms with Crippen LogP contribution in [0.15, 0.2) is 0 Å². The molecule has 1 rings (SSSR count). The summed E-state index contributed by atoms with van der Waals surface area (Å²) in [6.45, 7) is 3.08. The molecule has 1 saturated carbocycles. The van der Waals surface area contributed by atoms with E-state index < -0.39 is 0 Å². The molecule has 1 nitrogen and oxygen atoms in total. The van der Waals surface area contributed by atoms with Gasteiger partial charge < -0.3 is 5.32 Å². The molecule has 0 radical (unpaired) electrons. The third kappa shape index (κ3) is 4.39. The van der Waals surface area contributed by atoms with Gasteiger partial charge in [-0.1, -0.05) is 32.1 Å². The van der Waals surface area contributed by atoms with Crippen molar-refractivity contribution in [2.75, 3.05) is 12.3 Å². The predicted molar refractivity (Wildman–Crippen MR) is 65.6 cm³/mol. The highest BCUT2D eigenvalue weighted by atomic mass is 32.2. The molecule has 1 aliphatic rings. The van der Waals surface area contributed by atoms with Gasteiger partial charge >= 0.3 is 0 Å². The van der Waals surface area contributed by atoms with E-state index in [0.29, 0.717) is 0 Å². The van der Waals surface area contributed by atoms with Crippen LogP contribution in [0.3, 0.4) is 0 Å². The largest absolute Gasteiger partial charge is 0.303 e. The maximum atomic E-state index is 5.45. The minimum absolute atomic E-state index is 0.270. The fraction of sp³-hybridized carbons (Fsp3) is 0.833. The third-order valence-electron chi connectivity index (χ3n) is 2.70. The lowest BCUT2D eigenvalue weighted by atomic mass is 10.0. The molecule has 14 heavy (non-hydrogen) atoms. The van der Waals surface area contributed by atoms with E-state index in [0.717, 1.165) is 17.5 Å². The Morgan fingerprint density at radius 3 is 2.71 bits per heavy atom. The van der Waals surface area contributed by atoms with Gasteiger partial charge in [0.25, 0.3) is 0 Å². The summed E-state index contributed by atoms with van der Waals surface area (Å²) >= 11 is 2.06. The summed E-state index contributed by atoms with van der Waals surface area (Å²) in [5.74, 6) is 3.89. The molecule has 0 aromatic rings. The zero-order valence-corrected chi connectivity index (χ0v) is 9.91. The standard InChI is InChI=1S/C12H21NS/c1-3-11(13-4-2)10-14-12-8-6-5-7-9-12/h1,11-13H,4-10H2,2H3. The molecule has 0 aromatic carbocycles. The smallest absolute Gasteiger partial charge is 0.0778 e. The van der Waals surface area contributed by atoms with Crippen LogP contribution in [0.1, 0.15) is 39.0 Å². The van der Waals surface area contributed by atoms with Crippen molar-refractivity contribution in [1.29, 1.82) is 0 Å². The Morgan fingerprint density at radius 1 is 1.43 bits per heavy atom. The van der Waals surface area contributed by atoms with Crippen LogP contribution in [0.25, 0.3) is 0 Å². The van der Waals surface area contributed by atoms with Crippen molar-refractivity contribution < 1.29 is 0 Å². The molecule has 1 unspecified atom stereocenters. The van der Waals surface area contributed by atoms with Gasteiger partial charge in [-0.05, 0) is 19.4 Å². The molecule has 1 fully saturated rings. The molecule has 1 aliphatic carbocycles. The Balaban J connectivity index is 2.14. The Hall–Kier alpha value is -0.130. The highest BCUT2D eigenvalue weighted by molar-refractivity contribution is 7.99. The molecule has 0 bridgehead atoms. The molecule has 80 valence electrons. The molecule has 0 saturated heterocycles. The summed E-state index contributed by atoms with van der Waals surface area (Å²) in [5, 5.41) is 4.19. The fourth-order valence-corrected chi connectivity index (χ4v) is 3.22. The minimum Gasteiger partial charge on any atom is -0.303 e. The van der Waals surface area contributed by atoms with E-state index in [9.17, 15) is 0 Å². The van der Waals surface area contributed by atoms with Crippen LogP contribution < -0.4 is 5.32 Å². The van der Waals surface area contributed by atoms with Gasteiger partial charge in [0.2, 0.25) is 0 Å². The van der Waals surface area contributed by atoms with Gasteiger partial charge in [0.05, 0.1) is 6.04 Å². The normalized spacial score (nSPS) is 20.3. The van der Waals surface area contributed by atoms with E-state index in [1.807, 2.05) is 0 Å². The topological polar surface area (TPSA) is 12.0 Å². The van der Waals surface area contributed by atoms with Crippen LogP contribution in [-0.4, -0.2) is 23.6 Å². The fourth-order valence-electron chi connectivity index (χ4n) is 1.88. The first-order valence-corrected chi connectivity index (χ1v) is 6.72. The first kappa shape index (κ1) is 11.9. The molecular formula is C12H21NS. The Kier molecular flexibility index (Phi) is 6.14. The van der Waals surface area contributed by atoms with Crippen LogP contribution in [0, 0.1) is 12.3 Å². The highest BCUT2D eigenvalue weighted by Crippen LogP contribution is 2.28. The summed E-state index contributed by atoms with van der Waals surface area (Å²) in [6.07, 6.45) is 12.5. The monoisotopic (exact) mass is 211 g/mol. The molecule has 1 atom stereocenters. The Labute approximate surface area is 92.4 Å². The van der Waals surface area contributed by atoms with Gasteiger partial charge in [-0.15, -0.1) is 6.42 Å². The summed E-state index contributed by atoms with van der Waals surface area (Å²) in [4.78, 5) is 0. The third-order valence-corrected chi connectivity index (χ3v) is 4.17. The zero-order valence-electron chi connectivity index (χ0n) is 9.09. The van der Waals surface area contributed by atoms with Crippen molar-refractivity contribution in [3.05, 3.63) is 0 Å². The van der Waals surface area contributed by atoms with E-state index in [1.165, 1.54) is 32.1 Å². The molecule has 2 heteroatoms. The van der Waals surface area contributed by atoms with Crippen LogP contribution >= 0.6 is 11.8 Å². The second-order valence-electron chi connectivity index (χ2n) is 3.87. The maximum Gasteiger partial charge on any atom is 0.0778 e. The van der Waals surface area contributed by atoms with Crippen LogP contribution in [-0.2, 0) is 0 Å². The van der Waals surface area contributed by atoms with Crippen molar-refractivity contribution >= 4 is 11.8 Å². The van der Waals surface area contributed by atoms with Crippen molar-refractivity contribution in [1.82, 2.24) is 5.32 Å². The quantitative estimate of drug-likeness (QED) is 0.702. The lowest BCUT2D eigenvalue weighted by Crippen LogP contribution is -2.30. The van der Waals surface area contributed by atoms with E-state index in [2.05, 4.69) is 29.9 Å². The number of rotatable bonds is 5. The van der Waals surface area contributed by atoms with Crippen molar-refractivity contribution in [2.24, 2.45) is 0 Å². The van der Waals surface area contributed by atoms with Crippen molar-refractivity contribution in [3.63, 3.8) is 0 Å². The second-order valence-corrected chi connectivity index (χ2v) is 5.20. The number of terminal acetylenes is 1. The van der Waals surface area contributed by atoms with Gasteiger partial charge in [-0.25, -0.2) is 0 Å². The number of thioether (sulfide) groups is 1. The first-order chi connectivity index (χ1) is 6.86. The molecule has 0 aromatic heterocycles. The van der Waals surface area contributed by atoms with E-state index in [1.54, 1.807) is 0 Å². The van der Waals surface area contributed by atoms with Gasteiger partial charge in [0.1, 0.15) is 0 Å².